The minimum Gasteiger partial charge on any atom is -0.458 e. The van der Waals surface area contributed by atoms with Crippen LogP contribution in [0, 0.1) is 5.92 Å². The molecule has 0 aromatic rings. The number of amides is 1. The number of likely N-dealkylation sites (tertiary alicyclic amines) is 1. The molecule has 0 bridgehead atoms. The largest absolute Gasteiger partial charge is 0.458 e. The maximum atomic E-state index is 12.5. The van der Waals surface area contributed by atoms with Crippen molar-refractivity contribution in [2.45, 2.75) is 83.5 Å². The first-order valence-electron chi connectivity index (χ1n) is 8.01. The number of fused-ring (bicyclic) bond motifs is 1. The van der Waals surface area contributed by atoms with Crippen LogP contribution in [0.3, 0.4) is 0 Å². The fourth-order valence-electron chi connectivity index (χ4n) is 3.59. The van der Waals surface area contributed by atoms with E-state index in [1.165, 1.54) is 6.42 Å². The maximum Gasteiger partial charge on any atom is 0.329 e. The van der Waals surface area contributed by atoms with Crippen molar-refractivity contribution in [1.29, 1.82) is 0 Å². The van der Waals surface area contributed by atoms with Crippen LogP contribution in [0.2, 0.25) is 0 Å². The highest BCUT2D eigenvalue weighted by atomic mass is 16.6. The molecule has 4 atom stereocenters. The summed E-state index contributed by atoms with van der Waals surface area (Å²) in [6, 6.07) is -0.874. The summed E-state index contributed by atoms with van der Waals surface area (Å²) in [4.78, 5) is 26.7. The molecule has 2 aliphatic rings. The zero-order valence-corrected chi connectivity index (χ0v) is 13.6. The lowest BCUT2D eigenvalue weighted by molar-refractivity contribution is -0.164. The third kappa shape index (κ3) is 3.57. The fraction of sp³-hybridized carbons (Fsp3) is 0.875. The van der Waals surface area contributed by atoms with E-state index in [1.807, 2.05) is 20.8 Å². The molecule has 2 fully saturated rings. The summed E-state index contributed by atoms with van der Waals surface area (Å²) in [6.45, 7) is 7.24. The first-order valence-corrected chi connectivity index (χ1v) is 8.01. The SMILES string of the molecule is C[C@H](N)C(=O)N1C(C(=O)OC(C)(C)C)CC2CCCCC21. The minimum absolute atomic E-state index is 0.125. The Balaban J connectivity index is 2.21. The lowest BCUT2D eigenvalue weighted by atomic mass is 9.84. The quantitative estimate of drug-likeness (QED) is 0.789. The van der Waals surface area contributed by atoms with E-state index in [0.717, 1.165) is 25.7 Å². The molecule has 21 heavy (non-hydrogen) atoms. The van der Waals surface area contributed by atoms with E-state index >= 15 is 0 Å². The third-order valence-corrected chi connectivity index (χ3v) is 4.41. The summed E-state index contributed by atoms with van der Waals surface area (Å²) < 4.78 is 5.51. The highest BCUT2D eigenvalue weighted by Gasteiger charge is 2.49. The Morgan fingerprint density at radius 3 is 2.43 bits per heavy atom. The van der Waals surface area contributed by atoms with Gasteiger partial charge in [-0.25, -0.2) is 4.79 Å². The van der Waals surface area contributed by atoms with Crippen molar-refractivity contribution >= 4 is 11.9 Å². The molecular formula is C16H28N2O3. The van der Waals surface area contributed by atoms with Gasteiger partial charge in [0, 0.05) is 6.04 Å². The Kier molecular flexibility index (Phi) is 4.61. The third-order valence-electron chi connectivity index (χ3n) is 4.41. The summed E-state index contributed by atoms with van der Waals surface area (Å²) in [7, 11) is 0. The molecule has 120 valence electrons. The van der Waals surface area contributed by atoms with Crippen LogP contribution in [0.5, 0.6) is 0 Å². The van der Waals surface area contributed by atoms with Gasteiger partial charge in [-0.2, -0.15) is 0 Å². The van der Waals surface area contributed by atoms with E-state index in [9.17, 15) is 9.59 Å². The standard InChI is InChI=1S/C16H28N2O3/c1-10(17)14(19)18-12-8-6-5-7-11(12)9-13(18)15(20)21-16(2,3)4/h10-13H,5-9,17H2,1-4H3/t10-,11?,12?,13?/m0/s1. The molecule has 0 spiro atoms. The van der Waals surface area contributed by atoms with E-state index < -0.39 is 17.7 Å². The van der Waals surface area contributed by atoms with Crippen LogP contribution in [0.1, 0.15) is 59.8 Å². The molecule has 2 rings (SSSR count). The second-order valence-corrected chi connectivity index (χ2v) is 7.43. The molecule has 1 heterocycles. The van der Waals surface area contributed by atoms with Crippen LogP contribution >= 0.6 is 0 Å². The molecule has 0 radical (unpaired) electrons. The number of esters is 1. The number of nitrogens with zero attached hydrogens (tertiary/aromatic N) is 1. The van der Waals surface area contributed by atoms with Gasteiger partial charge in [0.15, 0.2) is 0 Å². The number of ether oxygens (including phenoxy) is 1. The number of hydrogen-bond acceptors (Lipinski definition) is 4. The molecule has 5 nitrogen and oxygen atoms in total. The lowest BCUT2D eigenvalue weighted by Gasteiger charge is -2.35. The van der Waals surface area contributed by atoms with Gasteiger partial charge in [0.1, 0.15) is 11.6 Å². The van der Waals surface area contributed by atoms with Crippen molar-refractivity contribution in [3.8, 4) is 0 Å². The van der Waals surface area contributed by atoms with Crippen molar-refractivity contribution in [3.05, 3.63) is 0 Å². The van der Waals surface area contributed by atoms with E-state index in [1.54, 1.807) is 11.8 Å². The van der Waals surface area contributed by atoms with Gasteiger partial charge in [-0.15, -0.1) is 0 Å². The first-order chi connectivity index (χ1) is 9.70. The normalized spacial score (nSPS) is 30.7. The van der Waals surface area contributed by atoms with Crippen molar-refractivity contribution in [1.82, 2.24) is 4.90 Å². The van der Waals surface area contributed by atoms with Crippen molar-refractivity contribution in [3.63, 3.8) is 0 Å². The number of hydrogen-bond donors (Lipinski definition) is 1. The highest BCUT2D eigenvalue weighted by molar-refractivity contribution is 5.88. The van der Waals surface area contributed by atoms with E-state index in [-0.39, 0.29) is 17.9 Å². The van der Waals surface area contributed by atoms with Crippen LogP contribution in [0.4, 0.5) is 0 Å². The predicted molar refractivity (Wildman–Crippen MR) is 80.5 cm³/mol. The maximum absolute atomic E-state index is 12.5. The monoisotopic (exact) mass is 296 g/mol. The van der Waals surface area contributed by atoms with Gasteiger partial charge in [-0.1, -0.05) is 12.8 Å². The summed E-state index contributed by atoms with van der Waals surface area (Å²) in [5, 5.41) is 0. The van der Waals surface area contributed by atoms with Gasteiger partial charge in [-0.3, -0.25) is 4.79 Å². The molecule has 1 aliphatic heterocycles. The molecular weight excluding hydrogens is 268 g/mol. The molecule has 1 saturated carbocycles. The first kappa shape index (κ1) is 16.3. The number of rotatable bonds is 2. The summed E-state index contributed by atoms with van der Waals surface area (Å²) in [6.07, 6.45) is 5.08. The smallest absolute Gasteiger partial charge is 0.329 e. The fourth-order valence-corrected chi connectivity index (χ4v) is 3.59. The zero-order chi connectivity index (χ0) is 15.8. The van der Waals surface area contributed by atoms with Crippen LogP contribution < -0.4 is 5.73 Å². The van der Waals surface area contributed by atoms with Gasteiger partial charge < -0.3 is 15.4 Å². The molecule has 2 N–H and O–H groups in total. The molecule has 0 aromatic heterocycles. The Morgan fingerprint density at radius 1 is 1.24 bits per heavy atom. The number of nitrogens with two attached hydrogens (primary N) is 1. The van der Waals surface area contributed by atoms with Crippen LogP contribution in [0.25, 0.3) is 0 Å². The Labute approximate surface area is 127 Å². The van der Waals surface area contributed by atoms with Gasteiger partial charge in [0.2, 0.25) is 5.91 Å². The number of carbonyl (C=O) groups excluding carboxylic acids is 2. The average Bonchev–Trinajstić information content (AvgIpc) is 2.75. The molecule has 1 aliphatic carbocycles. The lowest BCUT2D eigenvalue weighted by Crippen LogP contribution is -2.52. The van der Waals surface area contributed by atoms with Crippen LogP contribution in [-0.2, 0) is 14.3 Å². The van der Waals surface area contributed by atoms with Gasteiger partial charge in [0.25, 0.3) is 0 Å². The predicted octanol–water partition coefficient (Wildman–Crippen LogP) is 1.83. The Bertz CT molecular complexity index is 414. The van der Waals surface area contributed by atoms with E-state index in [2.05, 4.69) is 0 Å². The Hall–Kier alpha value is -1.10. The molecule has 3 unspecified atom stereocenters. The topological polar surface area (TPSA) is 72.6 Å². The van der Waals surface area contributed by atoms with Gasteiger partial charge in [-0.05, 0) is 52.9 Å². The van der Waals surface area contributed by atoms with E-state index in [0.29, 0.717) is 5.92 Å². The van der Waals surface area contributed by atoms with Crippen LogP contribution in [0.15, 0.2) is 0 Å². The second kappa shape index (κ2) is 5.95. The summed E-state index contributed by atoms with van der Waals surface area (Å²) in [5.74, 6) is 0.00475. The van der Waals surface area contributed by atoms with Crippen molar-refractivity contribution in [2.75, 3.05) is 0 Å². The van der Waals surface area contributed by atoms with Gasteiger partial charge in [0.05, 0.1) is 6.04 Å². The van der Waals surface area contributed by atoms with Gasteiger partial charge >= 0.3 is 5.97 Å². The molecule has 1 saturated heterocycles. The minimum atomic E-state index is -0.574. The van der Waals surface area contributed by atoms with Crippen molar-refractivity contribution in [2.24, 2.45) is 11.7 Å². The Morgan fingerprint density at radius 2 is 1.86 bits per heavy atom. The van der Waals surface area contributed by atoms with Crippen LogP contribution in [-0.4, -0.2) is 40.5 Å². The molecule has 5 heteroatoms. The summed E-state index contributed by atoms with van der Waals surface area (Å²) >= 11 is 0. The van der Waals surface area contributed by atoms with E-state index in [4.69, 9.17) is 10.5 Å². The van der Waals surface area contributed by atoms with Crippen molar-refractivity contribution < 1.29 is 14.3 Å². The molecule has 0 aromatic carbocycles. The highest BCUT2D eigenvalue weighted by Crippen LogP contribution is 2.40. The summed E-state index contributed by atoms with van der Waals surface area (Å²) in [5.41, 5.74) is 5.25. The second-order valence-electron chi connectivity index (χ2n) is 7.43. The molecule has 1 amide bonds. The number of carbonyl (C=O) groups is 2. The average molecular weight is 296 g/mol. The zero-order valence-electron chi connectivity index (χ0n) is 13.6.